The molecule has 1 fully saturated rings. The number of amides is 16. The standard InChI is InChI=1S/C76H102N20O20/c1-38-63(103)89-52(31-41-21-24-46(116-6)25-22-41)67(107)90-53(32-42-20-23-43-14-7-8-15-44(43)30-42)71(111)96-76(4,5)74(115)94-56(70(110)91-55(34-59(78)100)69(109)93-57(73(113)114)35-60(79)101)36-61(102)82-28-12-11-18-49(86-40(3)98)65(105)87-50(19-13-29-83-75(80)81)66(106)95-62(39(2)97)72(112)92-54(33-45-37-84-48-17-10-9-16-47(45)48)68(108)88-51(64(104)85-38)26-27-58(77)99/h7-10,14-17,20-25,30,37-39,49-57,62,84,97H,11-13,18-19,26-29,31-36H2,1-6H3,(H2,77,99)(H2,78,100)(H2,79,101)(H,82,102)(H,85,104)(H,86,98)(H,87,105)(H,88,108)(H,89,103)(H,90,107)(H,91,110)(H,92,112)(H,93,109)(H,94,115)(H,95,106)(H,96,111)(H,113,114)(H4,80,81,83)/t38-,39+,49?,50-,51-,52-,53-,54-,55-,56+,57-,62?/m0/s1. The number of aliphatic carboxylic acids is 1. The number of rotatable bonds is 25. The third-order valence-electron chi connectivity index (χ3n) is 18.6. The van der Waals surface area contributed by atoms with Crippen LogP contribution >= 0.6 is 0 Å². The number of hydrogen-bond acceptors (Lipinski definition) is 20. The lowest BCUT2D eigenvalue weighted by Gasteiger charge is -2.31. The van der Waals surface area contributed by atoms with Crippen LogP contribution in [0.25, 0.3) is 21.7 Å². The summed E-state index contributed by atoms with van der Waals surface area (Å²) in [5.41, 5.74) is 21.5. The highest BCUT2D eigenvalue weighted by molar-refractivity contribution is 6.02. The second-order valence-electron chi connectivity index (χ2n) is 28.5. The second-order valence-corrected chi connectivity index (χ2v) is 28.5. The van der Waals surface area contributed by atoms with Gasteiger partial charge in [0.05, 0.1) is 32.5 Å². The molecule has 116 heavy (non-hydrogen) atoms. The minimum Gasteiger partial charge on any atom is -0.497 e. The molecule has 0 bridgehead atoms. The molecule has 0 radical (unpaired) electrons. The number of carbonyl (C=O) groups is 17. The molecule has 0 saturated carbocycles. The quantitative estimate of drug-likeness (QED) is 0.0148. The van der Waals surface area contributed by atoms with Gasteiger partial charge in [-0.2, -0.15) is 0 Å². The Balaban J connectivity index is 1.45. The van der Waals surface area contributed by atoms with E-state index in [4.69, 9.17) is 33.1 Å². The van der Waals surface area contributed by atoms with Gasteiger partial charge < -0.3 is 117 Å². The smallest absolute Gasteiger partial charge is 0.326 e. The minimum absolute atomic E-state index is 0.00525. The van der Waals surface area contributed by atoms with E-state index in [2.05, 4.69) is 74.1 Å². The maximum absolute atomic E-state index is 15.2. The van der Waals surface area contributed by atoms with E-state index in [1.165, 1.54) is 27.9 Å². The van der Waals surface area contributed by atoms with Crippen LogP contribution in [0, 0.1) is 5.41 Å². The van der Waals surface area contributed by atoms with Gasteiger partial charge in [0, 0.05) is 62.8 Å². The molecule has 1 aliphatic heterocycles. The maximum atomic E-state index is 15.2. The summed E-state index contributed by atoms with van der Waals surface area (Å²) in [6.45, 7) is 5.51. The first-order valence-electron chi connectivity index (χ1n) is 37.2. The van der Waals surface area contributed by atoms with Crippen molar-refractivity contribution < 1.29 is 96.5 Å². The lowest BCUT2D eigenvalue weighted by atomic mass is 9.98. The summed E-state index contributed by atoms with van der Waals surface area (Å²) in [4.78, 5) is 240. The van der Waals surface area contributed by atoms with Crippen LogP contribution in [0.5, 0.6) is 5.75 Å². The van der Waals surface area contributed by atoms with Crippen LogP contribution in [0.15, 0.2) is 97.2 Å². The number of primary amides is 3. The molecule has 12 atom stereocenters. The van der Waals surface area contributed by atoms with E-state index in [1.807, 2.05) is 11.4 Å². The fourth-order valence-electron chi connectivity index (χ4n) is 12.3. The van der Waals surface area contributed by atoms with Crippen LogP contribution < -0.4 is 102 Å². The van der Waals surface area contributed by atoms with Gasteiger partial charge in [-0.15, -0.1) is 0 Å². The number of H-pyrrole nitrogens is 1. The monoisotopic (exact) mass is 1610 g/mol. The van der Waals surface area contributed by atoms with Crippen molar-refractivity contribution in [3.05, 3.63) is 114 Å². The number of aliphatic hydroxyl groups excluding tert-OH is 1. The average Bonchev–Trinajstić information content (AvgIpc) is 1.71. The summed E-state index contributed by atoms with van der Waals surface area (Å²) in [5.74, 6) is -19.3. The van der Waals surface area contributed by atoms with Crippen LogP contribution in [0.3, 0.4) is 0 Å². The first kappa shape index (κ1) is 91.6. The molecule has 4 aromatic carbocycles. The number of carbonyl (C=O) groups excluding carboxylic acids is 16. The van der Waals surface area contributed by atoms with Gasteiger partial charge in [0.15, 0.2) is 5.96 Å². The number of methoxy groups -OCH3 is 1. The average molecular weight is 1620 g/mol. The Morgan fingerprint density at radius 1 is 0.621 bits per heavy atom. The highest BCUT2D eigenvalue weighted by atomic mass is 16.5. The van der Waals surface area contributed by atoms with Gasteiger partial charge in [-0.25, -0.2) is 4.79 Å². The van der Waals surface area contributed by atoms with Crippen molar-refractivity contribution in [2.24, 2.45) is 22.9 Å². The van der Waals surface area contributed by atoms with Crippen molar-refractivity contribution in [2.45, 2.75) is 196 Å². The predicted octanol–water partition coefficient (Wildman–Crippen LogP) is -4.94. The fourth-order valence-corrected chi connectivity index (χ4v) is 12.3. The summed E-state index contributed by atoms with van der Waals surface area (Å²) in [6.07, 6.45) is -5.61. The first-order chi connectivity index (χ1) is 54.8. The van der Waals surface area contributed by atoms with E-state index in [-0.39, 0.29) is 64.5 Å². The molecule has 0 aliphatic carbocycles. The summed E-state index contributed by atoms with van der Waals surface area (Å²) in [7, 11) is 1.41. The summed E-state index contributed by atoms with van der Waals surface area (Å²) in [6, 6.07) is 6.09. The van der Waals surface area contributed by atoms with Gasteiger partial charge in [-0.05, 0) is 112 Å². The number of carboxylic acids is 1. The third-order valence-corrected chi connectivity index (χ3v) is 18.6. The molecule has 626 valence electrons. The first-order valence-corrected chi connectivity index (χ1v) is 37.2. The van der Waals surface area contributed by atoms with E-state index < -0.39 is 217 Å². The molecule has 6 rings (SSSR count). The number of aliphatic hydroxyl groups is 1. The summed E-state index contributed by atoms with van der Waals surface area (Å²) in [5, 5.41) is 65.4. The van der Waals surface area contributed by atoms with Gasteiger partial charge in [-0.1, -0.05) is 72.8 Å². The minimum atomic E-state index is -2.17. The lowest BCUT2D eigenvalue weighted by molar-refractivity contribution is -0.144. The van der Waals surface area contributed by atoms with E-state index in [0.29, 0.717) is 38.7 Å². The molecule has 1 aliphatic rings. The van der Waals surface area contributed by atoms with Crippen LogP contribution in [0.4, 0.5) is 0 Å². The van der Waals surface area contributed by atoms with Crippen molar-refractivity contribution in [1.82, 2.24) is 79.4 Å². The molecule has 5 aromatic rings. The van der Waals surface area contributed by atoms with Crippen molar-refractivity contribution in [3.8, 4) is 5.75 Å². The zero-order valence-electron chi connectivity index (χ0n) is 64.8. The Labute approximate surface area is 665 Å². The molecule has 0 spiro atoms. The van der Waals surface area contributed by atoms with Crippen molar-refractivity contribution in [1.29, 1.82) is 5.41 Å². The SMILES string of the molecule is COc1ccc(C[C@@H]2NC(=O)[C@H](C)NC(=O)[C@H](CCC(N)=O)NC(=O)[C@H](Cc3c[nH]c4ccccc34)NC(=O)C([C@@H](C)O)NC(=O)[C@H](CCCNC(=N)N)NC(=O)C(NC(C)=O)CCCCNC(=O)C[C@H](C(=O)N[C@@H](CC(N)=O)C(=O)N[C@@H](CC(N)=O)C(=O)O)NC(=O)C(C)(C)NC(=O)[C@H](Cc3ccc4ccccc4c3)NC2=O)cc1. The molecule has 1 saturated heterocycles. The zero-order valence-corrected chi connectivity index (χ0v) is 64.8. The van der Waals surface area contributed by atoms with E-state index >= 15 is 9.59 Å². The number of guanidine groups is 1. The van der Waals surface area contributed by atoms with Gasteiger partial charge in [0.25, 0.3) is 0 Å². The number of nitrogens with one attached hydrogen (secondary N) is 16. The third kappa shape index (κ3) is 29.0. The predicted molar refractivity (Wildman–Crippen MR) is 417 cm³/mol. The number of hydrogen-bond donors (Lipinski definition) is 22. The fraction of sp³-hybridized carbons (Fsp3) is 0.447. The largest absolute Gasteiger partial charge is 0.497 e. The zero-order chi connectivity index (χ0) is 85.7. The number of para-hydroxylation sites is 1. The molecule has 2 heterocycles. The van der Waals surface area contributed by atoms with Gasteiger partial charge in [0.1, 0.15) is 77.7 Å². The number of nitrogens with two attached hydrogens (primary N) is 4. The van der Waals surface area contributed by atoms with Crippen LogP contribution in [0.1, 0.15) is 116 Å². The second kappa shape index (κ2) is 43.7. The Morgan fingerprint density at radius 2 is 1.19 bits per heavy atom. The van der Waals surface area contributed by atoms with E-state index in [0.717, 1.165) is 19.2 Å². The Kier molecular flexibility index (Phi) is 34.5. The highest BCUT2D eigenvalue weighted by Gasteiger charge is 2.41. The summed E-state index contributed by atoms with van der Waals surface area (Å²) >= 11 is 0. The van der Waals surface area contributed by atoms with E-state index in [9.17, 15) is 82.1 Å². The molecular weight excluding hydrogens is 1510 g/mol. The van der Waals surface area contributed by atoms with Crippen molar-refractivity contribution >= 4 is 128 Å². The number of aromatic nitrogens is 1. The molecular formula is C76H102N20O20. The highest BCUT2D eigenvalue weighted by Crippen LogP contribution is 2.22. The van der Waals surface area contributed by atoms with Crippen LogP contribution in [-0.2, 0) is 101 Å². The molecule has 40 nitrogen and oxygen atoms in total. The number of aromatic amines is 1. The molecule has 16 amide bonds. The van der Waals surface area contributed by atoms with Crippen molar-refractivity contribution in [3.63, 3.8) is 0 Å². The van der Waals surface area contributed by atoms with Crippen LogP contribution in [-0.4, -0.2) is 220 Å². The van der Waals surface area contributed by atoms with E-state index in [1.54, 1.807) is 91.1 Å². The molecule has 40 heteroatoms. The number of carboxylic acid groups (broad SMARTS) is 1. The lowest BCUT2D eigenvalue weighted by Crippen LogP contribution is -2.64. The normalized spacial score (nSPS) is 21.7. The van der Waals surface area contributed by atoms with Gasteiger partial charge in [-0.3, -0.25) is 82.1 Å². The number of ether oxygens (including phenoxy) is 1. The van der Waals surface area contributed by atoms with Crippen LogP contribution in [0.2, 0.25) is 0 Å². The maximum Gasteiger partial charge on any atom is 0.326 e. The molecule has 2 unspecified atom stereocenters. The van der Waals surface area contributed by atoms with Gasteiger partial charge in [0.2, 0.25) is 94.5 Å². The molecule has 26 N–H and O–H groups in total. The Hall–Kier alpha value is -13.3. The van der Waals surface area contributed by atoms with Crippen molar-refractivity contribution in [2.75, 3.05) is 20.2 Å². The molecule has 1 aromatic heterocycles. The summed E-state index contributed by atoms with van der Waals surface area (Å²) < 4.78 is 5.34. The Bertz CT molecular complexity index is 4460. The topological polar surface area (TPSA) is 652 Å². The number of benzene rings is 4. The van der Waals surface area contributed by atoms with Gasteiger partial charge >= 0.3 is 5.97 Å². The Morgan fingerprint density at radius 3 is 1.83 bits per heavy atom. The number of fused-ring (bicyclic) bond motifs is 2.